The maximum Gasteiger partial charge on any atom is 0.0448 e. The first kappa shape index (κ1) is 13.4. The third kappa shape index (κ3) is 3.48. The Bertz CT molecular complexity index is 518. The molecule has 0 atom stereocenters. The predicted octanol–water partition coefficient (Wildman–Crippen LogP) is 3.39. The Morgan fingerprint density at radius 1 is 1.21 bits per heavy atom. The summed E-state index contributed by atoms with van der Waals surface area (Å²) in [6, 6.07) is 10.0. The van der Waals surface area contributed by atoms with Crippen molar-refractivity contribution in [2.75, 3.05) is 6.54 Å². The molecule has 0 fully saturated rings. The molecule has 0 spiro atoms. The minimum Gasteiger partial charge on any atom is -0.398 e. The van der Waals surface area contributed by atoms with Crippen molar-refractivity contribution in [3.63, 3.8) is 0 Å². The van der Waals surface area contributed by atoms with Gasteiger partial charge in [-0.25, -0.2) is 0 Å². The molecule has 0 saturated carbocycles. The average molecular weight is 252 g/mol. The van der Waals surface area contributed by atoms with Gasteiger partial charge in [0.2, 0.25) is 0 Å². The number of hydrogen-bond donors (Lipinski definition) is 1. The Hall–Kier alpha value is -2.01. The summed E-state index contributed by atoms with van der Waals surface area (Å²) in [5, 5.41) is 0. The second-order valence-electron chi connectivity index (χ2n) is 4.78. The summed E-state index contributed by atoms with van der Waals surface area (Å²) in [6.07, 6.45) is 10.6. The molecule has 2 nitrogen and oxygen atoms in total. The minimum atomic E-state index is 0.555. The van der Waals surface area contributed by atoms with E-state index >= 15 is 0 Å². The Morgan fingerprint density at radius 2 is 2.00 bits per heavy atom. The molecule has 19 heavy (non-hydrogen) atoms. The molecule has 2 N–H and O–H groups in total. The smallest absolute Gasteiger partial charge is 0.0448 e. The Labute approximate surface area is 115 Å². The zero-order valence-electron chi connectivity index (χ0n) is 11.2. The number of nitrogens with two attached hydrogens (primary N) is 1. The van der Waals surface area contributed by atoms with Crippen molar-refractivity contribution in [3.8, 4) is 12.3 Å². The van der Waals surface area contributed by atoms with Crippen LogP contribution in [-0.4, -0.2) is 12.3 Å². The quantitative estimate of drug-likeness (QED) is 0.823. The molecule has 1 aromatic carbocycles. The number of aliphatic imine (C=N–C) groups is 1. The summed E-state index contributed by atoms with van der Waals surface area (Å²) in [6.45, 7) is 0.894. The van der Waals surface area contributed by atoms with Gasteiger partial charge < -0.3 is 5.73 Å². The third-order valence-corrected chi connectivity index (χ3v) is 3.41. The highest BCUT2D eigenvalue weighted by atomic mass is 14.7. The molecule has 0 saturated heterocycles. The highest BCUT2D eigenvalue weighted by Gasteiger charge is 2.13. The predicted molar refractivity (Wildman–Crippen MR) is 81.8 cm³/mol. The van der Waals surface area contributed by atoms with E-state index in [2.05, 4.69) is 10.9 Å². The normalized spacial score (nSPS) is 16.9. The summed E-state index contributed by atoms with van der Waals surface area (Å²) in [5.41, 5.74) is 10.3. The molecule has 0 amide bonds. The highest BCUT2D eigenvalue weighted by molar-refractivity contribution is 6.06. The topological polar surface area (TPSA) is 38.4 Å². The second kappa shape index (κ2) is 6.80. The van der Waals surface area contributed by atoms with E-state index in [0.717, 1.165) is 41.9 Å². The molecular formula is C17H20N2. The molecule has 0 radical (unpaired) electrons. The van der Waals surface area contributed by atoms with E-state index in [1.807, 2.05) is 30.3 Å². The molecule has 2 heteroatoms. The van der Waals surface area contributed by atoms with Crippen LogP contribution in [-0.2, 0) is 0 Å². The maximum absolute atomic E-state index is 6.31. The van der Waals surface area contributed by atoms with Crippen LogP contribution >= 0.6 is 0 Å². The van der Waals surface area contributed by atoms with Crippen LogP contribution in [0.5, 0.6) is 0 Å². The Balaban J connectivity index is 2.38. The number of allylic oxidation sites excluding steroid dienone is 1. The Morgan fingerprint density at radius 3 is 2.74 bits per heavy atom. The summed E-state index contributed by atoms with van der Waals surface area (Å²) in [5.74, 6) is 2.72. The summed E-state index contributed by atoms with van der Waals surface area (Å²) >= 11 is 0. The molecule has 0 aromatic heterocycles. The largest absolute Gasteiger partial charge is 0.398 e. The van der Waals surface area contributed by atoms with Crippen molar-refractivity contribution in [2.45, 2.75) is 32.1 Å². The average Bonchev–Trinajstić information content (AvgIpc) is 2.74. The molecule has 2 rings (SSSR count). The van der Waals surface area contributed by atoms with Gasteiger partial charge in [0.05, 0.1) is 0 Å². The zero-order chi connectivity index (χ0) is 13.5. The Kier molecular flexibility index (Phi) is 4.80. The van der Waals surface area contributed by atoms with Gasteiger partial charge in [0.25, 0.3) is 0 Å². The van der Waals surface area contributed by atoms with Gasteiger partial charge in [-0.1, -0.05) is 36.8 Å². The van der Waals surface area contributed by atoms with E-state index in [4.69, 9.17) is 12.2 Å². The number of rotatable bonds is 3. The van der Waals surface area contributed by atoms with Crippen LogP contribution in [0.3, 0.4) is 0 Å². The monoisotopic (exact) mass is 252 g/mol. The van der Waals surface area contributed by atoms with E-state index in [1.54, 1.807) is 0 Å². The molecule has 1 aromatic rings. The lowest BCUT2D eigenvalue weighted by Crippen LogP contribution is -2.10. The van der Waals surface area contributed by atoms with Gasteiger partial charge in [-0.2, -0.15) is 0 Å². The highest BCUT2D eigenvalue weighted by Crippen LogP contribution is 2.21. The van der Waals surface area contributed by atoms with Crippen LogP contribution < -0.4 is 5.73 Å². The number of nitrogens with zero attached hydrogens (tertiary/aromatic N) is 1. The first-order valence-corrected chi connectivity index (χ1v) is 6.84. The summed E-state index contributed by atoms with van der Waals surface area (Å²) in [4.78, 5) is 4.67. The van der Waals surface area contributed by atoms with Gasteiger partial charge in [0.15, 0.2) is 0 Å². The lowest BCUT2D eigenvalue weighted by Gasteiger charge is -2.12. The molecule has 1 aliphatic rings. The SMILES string of the molecule is C#CC/C(C1=NCCCCC1)=C(/N)c1ccccc1. The van der Waals surface area contributed by atoms with Crippen molar-refractivity contribution in [3.05, 3.63) is 41.5 Å². The fourth-order valence-corrected chi connectivity index (χ4v) is 2.37. The van der Waals surface area contributed by atoms with E-state index < -0.39 is 0 Å². The van der Waals surface area contributed by atoms with Crippen molar-refractivity contribution >= 4 is 11.4 Å². The van der Waals surface area contributed by atoms with Crippen LogP contribution in [0.1, 0.15) is 37.7 Å². The van der Waals surface area contributed by atoms with Gasteiger partial charge in [0, 0.05) is 29.9 Å². The van der Waals surface area contributed by atoms with Crippen molar-refractivity contribution in [1.82, 2.24) is 0 Å². The van der Waals surface area contributed by atoms with Crippen LogP contribution in [0.25, 0.3) is 5.70 Å². The fraction of sp³-hybridized carbons (Fsp3) is 0.353. The van der Waals surface area contributed by atoms with Gasteiger partial charge in [-0.05, 0) is 24.8 Å². The van der Waals surface area contributed by atoms with Crippen molar-refractivity contribution in [2.24, 2.45) is 10.7 Å². The van der Waals surface area contributed by atoms with Crippen molar-refractivity contribution in [1.29, 1.82) is 0 Å². The molecular weight excluding hydrogens is 232 g/mol. The van der Waals surface area contributed by atoms with E-state index in [-0.39, 0.29) is 0 Å². The molecule has 1 aliphatic heterocycles. The molecule has 0 bridgehead atoms. The molecule has 0 unspecified atom stereocenters. The second-order valence-corrected chi connectivity index (χ2v) is 4.78. The fourth-order valence-electron chi connectivity index (χ4n) is 2.37. The van der Waals surface area contributed by atoms with Crippen molar-refractivity contribution < 1.29 is 0 Å². The van der Waals surface area contributed by atoms with Crippen LogP contribution in [0.2, 0.25) is 0 Å². The van der Waals surface area contributed by atoms with Gasteiger partial charge in [0.1, 0.15) is 0 Å². The maximum atomic E-state index is 6.31. The zero-order valence-corrected chi connectivity index (χ0v) is 11.2. The van der Waals surface area contributed by atoms with E-state index in [9.17, 15) is 0 Å². The first-order valence-electron chi connectivity index (χ1n) is 6.84. The standard InChI is InChI=1S/C17H20N2/c1-2-9-15(16-12-7-4-8-13-19-16)17(18)14-10-5-3-6-11-14/h1,3,5-6,10-11H,4,7-9,12-13,18H2/b17-15-. The first-order chi connectivity index (χ1) is 9.33. The number of terminal acetylenes is 1. The summed E-state index contributed by atoms with van der Waals surface area (Å²) in [7, 11) is 0. The number of benzene rings is 1. The van der Waals surface area contributed by atoms with Crippen LogP contribution in [0.15, 0.2) is 40.9 Å². The van der Waals surface area contributed by atoms with E-state index in [0.29, 0.717) is 6.42 Å². The molecule has 0 aliphatic carbocycles. The number of hydrogen-bond acceptors (Lipinski definition) is 2. The third-order valence-electron chi connectivity index (χ3n) is 3.41. The van der Waals surface area contributed by atoms with Gasteiger partial charge in [-0.3, -0.25) is 4.99 Å². The van der Waals surface area contributed by atoms with Gasteiger partial charge >= 0.3 is 0 Å². The minimum absolute atomic E-state index is 0.555. The van der Waals surface area contributed by atoms with Crippen LogP contribution in [0, 0.1) is 12.3 Å². The summed E-state index contributed by atoms with van der Waals surface area (Å²) < 4.78 is 0. The van der Waals surface area contributed by atoms with Crippen LogP contribution in [0.4, 0.5) is 0 Å². The lowest BCUT2D eigenvalue weighted by molar-refractivity contribution is 0.731. The molecule has 1 heterocycles. The molecule has 98 valence electrons. The lowest BCUT2D eigenvalue weighted by atomic mass is 9.97. The van der Waals surface area contributed by atoms with E-state index in [1.165, 1.54) is 12.8 Å². The van der Waals surface area contributed by atoms with Gasteiger partial charge in [-0.15, -0.1) is 12.3 Å².